The zero-order valence-electron chi connectivity index (χ0n) is 14.4. The molecule has 0 saturated heterocycles. The van der Waals surface area contributed by atoms with Crippen molar-refractivity contribution >= 4 is 16.8 Å². The van der Waals surface area contributed by atoms with Crippen LogP contribution in [0.15, 0.2) is 42.5 Å². The van der Waals surface area contributed by atoms with Gasteiger partial charge in [0.15, 0.2) is 0 Å². The average Bonchev–Trinajstić information content (AvgIpc) is 2.95. The number of carbonyl (C=O) groups is 1. The van der Waals surface area contributed by atoms with E-state index in [1.54, 1.807) is 19.2 Å². The predicted octanol–water partition coefficient (Wildman–Crippen LogP) is 3.94. The van der Waals surface area contributed by atoms with Crippen LogP contribution in [0.1, 0.15) is 17.5 Å². The first-order valence-corrected chi connectivity index (χ1v) is 8.21. The lowest BCUT2D eigenvalue weighted by atomic mass is 10.0. The van der Waals surface area contributed by atoms with E-state index in [9.17, 15) is 9.18 Å². The number of carbonyl (C=O) groups excluding carboxylic acids is 1. The molecule has 0 saturated carbocycles. The molecule has 1 amide bonds. The average molecular weight is 340 g/mol. The molecule has 0 atom stereocenters. The van der Waals surface area contributed by atoms with Gasteiger partial charge in [-0.1, -0.05) is 6.07 Å². The molecular formula is C20H21FN2O2. The summed E-state index contributed by atoms with van der Waals surface area (Å²) >= 11 is 0. The Balaban J connectivity index is 1.82. The standard InChI is InChI=1S/C20H21FN2O2/c1-13-17-11-14(12-22-19(24)9-10-25-2)3-8-18(17)23-20(13)15-4-6-16(21)7-5-15/h3-8,11,23H,9-10,12H2,1-2H3,(H,22,24). The lowest BCUT2D eigenvalue weighted by Crippen LogP contribution is -2.23. The highest BCUT2D eigenvalue weighted by Gasteiger charge is 2.10. The summed E-state index contributed by atoms with van der Waals surface area (Å²) < 4.78 is 18.0. The number of amides is 1. The van der Waals surface area contributed by atoms with E-state index in [4.69, 9.17) is 4.74 Å². The summed E-state index contributed by atoms with van der Waals surface area (Å²) in [7, 11) is 1.58. The maximum Gasteiger partial charge on any atom is 0.222 e. The van der Waals surface area contributed by atoms with E-state index in [0.29, 0.717) is 19.6 Å². The molecule has 2 N–H and O–H groups in total. The van der Waals surface area contributed by atoms with Crippen molar-refractivity contribution < 1.29 is 13.9 Å². The Hall–Kier alpha value is -2.66. The molecule has 0 radical (unpaired) electrons. The zero-order chi connectivity index (χ0) is 17.8. The van der Waals surface area contributed by atoms with E-state index in [1.807, 2.05) is 19.1 Å². The summed E-state index contributed by atoms with van der Waals surface area (Å²) in [5, 5.41) is 3.99. The van der Waals surface area contributed by atoms with Crippen LogP contribution in [0.25, 0.3) is 22.2 Å². The molecule has 0 aliphatic carbocycles. The molecule has 3 aromatic rings. The number of hydrogen-bond donors (Lipinski definition) is 2. The molecule has 5 heteroatoms. The van der Waals surface area contributed by atoms with Crippen LogP contribution in [0, 0.1) is 12.7 Å². The minimum Gasteiger partial charge on any atom is -0.384 e. The van der Waals surface area contributed by atoms with Crippen LogP contribution in [0.3, 0.4) is 0 Å². The molecule has 0 fully saturated rings. The second-order valence-corrected chi connectivity index (χ2v) is 6.03. The van der Waals surface area contributed by atoms with E-state index < -0.39 is 0 Å². The van der Waals surface area contributed by atoms with Crippen LogP contribution in [-0.4, -0.2) is 24.6 Å². The van der Waals surface area contributed by atoms with Crippen LogP contribution < -0.4 is 5.32 Å². The molecule has 4 nitrogen and oxygen atoms in total. The fourth-order valence-corrected chi connectivity index (χ4v) is 2.87. The van der Waals surface area contributed by atoms with Gasteiger partial charge in [-0.25, -0.2) is 4.39 Å². The van der Waals surface area contributed by atoms with Crippen LogP contribution in [0.4, 0.5) is 4.39 Å². The Morgan fingerprint density at radius 1 is 1.20 bits per heavy atom. The van der Waals surface area contributed by atoms with Gasteiger partial charge in [0.1, 0.15) is 5.82 Å². The molecule has 3 rings (SSSR count). The predicted molar refractivity (Wildman–Crippen MR) is 96.8 cm³/mol. The number of ether oxygens (including phenoxy) is 1. The van der Waals surface area contributed by atoms with Crippen molar-refractivity contribution in [3.63, 3.8) is 0 Å². The van der Waals surface area contributed by atoms with E-state index in [2.05, 4.69) is 16.4 Å². The maximum atomic E-state index is 13.1. The van der Waals surface area contributed by atoms with Gasteiger partial charge in [0.25, 0.3) is 0 Å². The van der Waals surface area contributed by atoms with Gasteiger partial charge in [0.2, 0.25) is 5.91 Å². The number of rotatable bonds is 6. The minimum atomic E-state index is -0.246. The summed E-state index contributed by atoms with van der Waals surface area (Å²) in [6.45, 7) is 2.94. The molecule has 1 heterocycles. The van der Waals surface area contributed by atoms with Gasteiger partial charge in [-0.3, -0.25) is 4.79 Å². The summed E-state index contributed by atoms with van der Waals surface area (Å²) in [5.41, 5.74) is 5.09. The van der Waals surface area contributed by atoms with Crippen LogP contribution >= 0.6 is 0 Å². The zero-order valence-corrected chi connectivity index (χ0v) is 14.4. The maximum absolute atomic E-state index is 13.1. The summed E-state index contributed by atoms with van der Waals surface area (Å²) in [5.74, 6) is -0.274. The largest absolute Gasteiger partial charge is 0.384 e. The van der Waals surface area contributed by atoms with Crippen molar-refractivity contribution in [3.8, 4) is 11.3 Å². The van der Waals surface area contributed by atoms with E-state index in [-0.39, 0.29) is 11.7 Å². The highest BCUT2D eigenvalue weighted by Crippen LogP contribution is 2.30. The molecule has 0 bridgehead atoms. The Kier molecular flexibility index (Phi) is 5.14. The van der Waals surface area contributed by atoms with Gasteiger partial charge in [0.05, 0.1) is 6.61 Å². The summed E-state index contributed by atoms with van der Waals surface area (Å²) in [4.78, 5) is 15.1. The Labute approximate surface area is 146 Å². The fraction of sp³-hybridized carbons (Fsp3) is 0.250. The van der Waals surface area contributed by atoms with Crippen molar-refractivity contribution in [1.29, 1.82) is 0 Å². The number of hydrogen-bond acceptors (Lipinski definition) is 2. The lowest BCUT2D eigenvalue weighted by molar-refractivity contribution is -0.122. The van der Waals surface area contributed by atoms with Crippen molar-refractivity contribution in [1.82, 2.24) is 10.3 Å². The molecule has 25 heavy (non-hydrogen) atoms. The molecule has 2 aromatic carbocycles. The molecule has 0 aliphatic rings. The molecule has 0 aliphatic heterocycles. The summed E-state index contributed by atoms with van der Waals surface area (Å²) in [6.07, 6.45) is 0.358. The van der Waals surface area contributed by atoms with Gasteiger partial charge >= 0.3 is 0 Å². The van der Waals surface area contributed by atoms with Gasteiger partial charge in [-0.2, -0.15) is 0 Å². The minimum absolute atomic E-state index is 0.0280. The fourth-order valence-electron chi connectivity index (χ4n) is 2.87. The SMILES string of the molecule is COCCC(=O)NCc1ccc2[nH]c(-c3ccc(F)cc3)c(C)c2c1. The molecule has 0 spiro atoms. The number of aromatic amines is 1. The second-order valence-electron chi connectivity index (χ2n) is 6.03. The first-order valence-electron chi connectivity index (χ1n) is 8.21. The van der Waals surface area contributed by atoms with E-state index in [1.165, 1.54) is 12.1 Å². The number of fused-ring (bicyclic) bond motifs is 1. The third-order valence-electron chi connectivity index (χ3n) is 4.28. The van der Waals surface area contributed by atoms with Gasteiger partial charge < -0.3 is 15.0 Å². The van der Waals surface area contributed by atoms with Gasteiger partial charge in [-0.15, -0.1) is 0 Å². The monoisotopic (exact) mass is 340 g/mol. The third-order valence-corrected chi connectivity index (χ3v) is 4.28. The highest BCUT2D eigenvalue weighted by molar-refractivity contribution is 5.91. The molecule has 0 unspecified atom stereocenters. The number of nitrogens with one attached hydrogen (secondary N) is 2. The lowest BCUT2D eigenvalue weighted by Gasteiger charge is -2.05. The summed E-state index contributed by atoms with van der Waals surface area (Å²) in [6, 6.07) is 12.5. The highest BCUT2D eigenvalue weighted by atomic mass is 19.1. The number of benzene rings is 2. The smallest absolute Gasteiger partial charge is 0.222 e. The van der Waals surface area contributed by atoms with Crippen molar-refractivity contribution in [2.45, 2.75) is 19.9 Å². The first kappa shape index (κ1) is 17.2. The number of H-pyrrole nitrogens is 1. The van der Waals surface area contributed by atoms with E-state index >= 15 is 0 Å². The molecule has 130 valence electrons. The van der Waals surface area contributed by atoms with Crippen LogP contribution in [0.2, 0.25) is 0 Å². The van der Waals surface area contributed by atoms with E-state index in [0.717, 1.165) is 33.3 Å². The van der Waals surface area contributed by atoms with Crippen molar-refractivity contribution in [2.75, 3.05) is 13.7 Å². The molecule has 1 aromatic heterocycles. The number of halogens is 1. The number of methoxy groups -OCH3 is 1. The van der Waals surface area contributed by atoms with Gasteiger partial charge in [-0.05, 0) is 60.0 Å². The topological polar surface area (TPSA) is 54.1 Å². The van der Waals surface area contributed by atoms with Crippen LogP contribution in [0.5, 0.6) is 0 Å². The Morgan fingerprint density at radius 2 is 1.96 bits per heavy atom. The van der Waals surface area contributed by atoms with Gasteiger partial charge in [0, 0.05) is 36.7 Å². The first-order chi connectivity index (χ1) is 12.1. The van der Waals surface area contributed by atoms with Crippen LogP contribution in [-0.2, 0) is 16.1 Å². The third kappa shape index (κ3) is 3.88. The Morgan fingerprint density at radius 3 is 2.68 bits per heavy atom. The number of aromatic nitrogens is 1. The second kappa shape index (κ2) is 7.49. The molecular weight excluding hydrogens is 319 g/mol. The number of aryl methyl sites for hydroxylation is 1. The van der Waals surface area contributed by atoms with Crippen molar-refractivity contribution in [3.05, 3.63) is 59.4 Å². The quantitative estimate of drug-likeness (QED) is 0.714. The normalized spacial score (nSPS) is 11.0. The van der Waals surface area contributed by atoms with Crippen molar-refractivity contribution in [2.24, 2.45) is 0 Å². The Bertz CT molecular complexity index is 885.